The molecule has 0 saturated heterocycles. The molecule has 0 bridgehead atoms. The largest absolute Gasteiger partial charge is 0.314 e. The maximum Gasteiger partial charge on any atom is 0.214 e. The molecule has 1 aliphatic carbocycles. The van der Waals surface area contributed by atoms with E-state index in [1.165, 1.54) is 25.7 Å². The lowest BCUT2D eigenvalue weighted by molar-refractivity contribution is 0.639. The van der Waals surface area contributed by atoms with Gasteiger partial charge in [0.1, 0.15) is 0 Å². The predicted octanol–water partition coefficient (Wildman–Crippen LogP) is 2.29. The van der Waals surface area contributed by atoms with Gasteiger partial charge in [-0.25, -0.2) is 0 Å². The third kappa shape index (κ3) is 3.80. The van der Waals surface area contributed by atoms with E-state index in [4.69, 9.17) is 0 Å². The van der Waals surface area contributed by atoms with Gasteiger partial charge < -0.3 is 5.32 Å². The molecule has 5 nitrogen and oxygen atoms in total. The summed E-state index contributed by atoms with van der Waals surface area (Å²) in [7, 11) is 0. The number of para-hydroxylation sites is 1. The molecule has 6 heteroatoms. The molecule has 0 radical (unpaired) electrons. The molecule has 20 heavy (non-hydrogen) atoms. The van der Waals surface area contributed by atoms with Crippen LogP contribution in [0.15, 0.2) is 35.5 Å². The quantitative estimate of drug-likeness (QED) is 0.597. The highest BCUT2D eigenvalue weighted by Crippen LogP contribution is 2.20. The number of hydrogen-bond donors (Lipinski definition) is 1. The zero-order chi connectivity index (χ0) is 13.6. The van der Waals surface area contributed by atoms with Crippen molar-refractivity contribution >= 4 is 11.8 Å². The van der Waals surface area contributed by atoms with Crippen LogP contribution in [0.2, 0.25) is 0 Å². The lowest BCUT2D eigenvalue weighted by atomic mass is 10.3. The summed E-state index contributed by atoms with van der Waals surface area (Å²) >= 11 is 1.72. The number of rotatable bonds is 8. The summed E-state index contributed by atoms with van der Waals surface area (Å²) in [4.78, 5) is 0. The number of aromatic nitrogens is 4. The van der Waals surface area contributed by atoms with E-state index in [9.17, 15) is 0 Å². The fourth-order valence-electron chi connectivity index (χ4n) is 1.98. The fourth-order valence-corrected chi connectivity index (χ4v) is 2.87. The summed E-state index contributed by atoms with van der Waals surface area (Å²) in [6, 6.07) is 10.8. The van der Waals surface area contributed by atoms with Crippen LogP contribution >= 0.6 is 11.8 Å². The number of thioether (sulfide) groups is 1. The SMILES string of the molecule is c1ccc(-n2nnnc2SCCCCNC2CC2)cc1. The Hall–Kier alpha value is -1.40. The van der Waals surface area contributed by atoms with Crippen LogP contribution in [0.5, 0.6) is 0 Å². The summed E-state index contributed by atoms with van der Waals surface area (Å²) in [6.07, 6.45) is 5.13. The highest BCUT2D eigenvalue weighted by molar-refractivity contribution is 7.99. The van der Waals surface area contributed by atoms with E-state index >= 15 is 0 Å². The van der Waals surface area contributed by atoms with Crippen molar-refractivity contribution in [2.45, 2.75) is 36.9 Å². The van der Waals surface area contributed by atoms with Gasteiger partial charge in [-0.1, -0.05) is 30.0 Å². The summed E-state index contributed by atoms with van der Waals surface area (Å²) in [5.74, 6) is 1.06. The molecule has 2 aromatic rings. The molecule has 1 fully saturated rings. The van der Waals surface area contributed by atoms with Gasteiger partial charge in [0.15, 0.2) is 0 Å². The maximum atomic E-state index is 4.10. The van der Waals surface area contributed by atoms with Gasteiger partial charge in [0.25, 0.3) is 0 Å². The standard InChI is InChI=1S/C14H19N5S/c1-2-6-13(7-3-1)19-14(16-17-18-19)20-11-5-4-10-15-12-8-9-12/h1-3,6-7,12,15H,4-5,8-11H2. The van der Waals surface area contributed by atoms with Crippen molar-refractivity contribution in [3.63, 3.8) is 0 Å². The van der Waals surface area contributed by atoms with Crippen LogP contribution in [0.4, 0.5) is 0 Å². The Morgan fingerprint density at radius 3 is 2.85 bits per heavy atom. The van der Waals surface area contributed by atoms with Crippen LogP contribution in [-0.2, 0) is 0 Å². The molecule has 0 spiro atoms. The van der Waals surface area contributed by atoms with Crippen LogP contribution in [-0.4, -0.2) is 38.5 Å². The van der Waals surface area contributed by atoms with E-state index in [1.54, 1.807) is 16.4 Å². The van der Waals surface area contributed by atoms with Gasteiger partial charge in [-0.05, 0) is 54.8 Å². The van der Waals surface area contributed by atoms with Crippen LogP contribution in [0.1, 0.15) is 25.7 Å². The van der Waals surface area contributed by atoms with Crippen molar-refractivity contribution in [1.29, 1.82) is 0 Å². The summed E-state index contributed by atoms with van der Waals surface area (Å²) in [6.45, 7) is 1.13. The van der Waals surface area contributed by atoms with E-state index in [2.05, 4.69) is 20.8 Å². The third-order valence-corrected chi connectivity index (χ3v) is 4.26. The van der Waals surface area contributed by atoms with Gasteiger partial charge in [0, 0.05) is 11.8 Å². The van der Waals surface area contributed by atoms with Gasteiger partial charge in [0.2, 0.25) is 5.16 Å². The monoisotopic (exact) mass is 289 g/mol. The first-order valence-corrected chi connectivity index (χ1v) is 8.12. The highest BCUT2D eigenvalue weighted by Gasteiger charge is 2.19. The minimum atomic E-state index is 0.813. The number of tetrazole rings is 1. The first-order valence-electron chi connectivity index (χ1n) is 7.13. The molecule has 0 unspecified atom stereocenters. The minimum Gasteiger partial charge on any atom is -0.314 e. The number of nitrogens with one attached hydrogen (secondary N) is 1. The Morgan fingerprint density at radius 1 is 1.20 bits per heavy atom. The van der Waals surface area contributed by atoms with E-state index in [0.29, 0.717) is 0 Å². The number of benzene rings is 1. The van der Waals surface area contributed by atoms with Gasteiger partial charge >= 0.3 is 0 Å². The molecule has 0 amide bonds. The minimum absolute atomic E-state index is 0.813. The third-order valence-electron chi connectivity index (χ3n) is 3.25. The molecule has 3 rings (SSSR count). The van der Waals surface area contributed by atoms with Crippen molar-refractivity contribution in [1.82, 2.24) is 25.5 Å². The number of nitrogens with zero attached hydrogens (tertiary/aromatic N) is 4. The smallest absolute Gasteiger partial charge is 0.214 e. The average Bonchev–Trinajstić information content (AvgIpc) is 3.20. The first-order chi connectivity index (χ1) is 9.93. The van der Waals surface area contributed by atoms with Gasteiger partial charge in [-0.15, -0.1) is 5.10 Å². The Kier molecular flexibility index (Phi) is 4.65. The van der Waals surface area contributed by atoms with Crippen LogP contribution in [0, 0.1) is 0 Å². The summed E-state index contributed by atoms with van der Waals surface area (Å²) in [5, 5.41) is 16.3. The molecular formula is C14H19N5S. The predicted molar refractivity (Wildman–Crippen MR) is 80.1 cm³/mol. The van der Waals surface area contributed by atoms with E-state index in [-0.39, 0.29) is 0 Å². The topological polar surface area (TPSA) is 55.6 Å². The van der Waals surface area contributed by atoms with Gasteiger partial charge in [-0.2, -0.15) is 4.68 Å². The second-order valence-electron chi connectivity index (χ2n) is 4.99. The average molecular weight is 289 g/mol. The lowest BCUT2D eigenvalue weighted by Crippen LogP contribution is -2.17. The molecule has 1 heterocycles. The van der Waals surface area contributed by atoms with E-state index in [0.717, 1.165) is 29.2 Å². The Morgan fingerprint density at radius 2 is 2.05 bits per heavy atom. The van der Waals surface area contributed by atoms with Gasteiger partial charge in [0.05, 0.1) is 5.69 Å². The van der Waals surface area contributed by atoms with Crippen molar-refractivity contribution < 1.29 is 0 Å². The van der Waals surface area contributed by atoms with Crippen molar-refractivity contribution in [2.24, 2.45) is 0 Å². The maximum absolute atomic E-state index is 4.10. The number of hydrogen-bond acceptors (Lipinski definition) is 5. The summed E-state index contributed by atoms with van der Waals surface area (Å²) < 4.78 is 1.80. The molecule has 1 aromatic carbocycles. The van der Waals surface area contributed by atoms with Crippen LogP contribution in [0.25, 0.3) is 5.69 Å². The molecule has 1 saturated carbocycles. The Bertz CT molecular complexity index is 523. The molecule has 1 aromatic heterocycles. The molecule has 0 atom stereocenters. The Labute approximate surface area is 123 Å². The molecule has 1 aliphatic rings. The lowest BCUT2D eigenvalue weighted by Gasteiger charge is -2.04. The van der Waals surface area contributed by atoms with Gasteiger partial charge in [-0.3, -0.25) is 0 Å². The van der Waals surface area contributed by atoms with Crippen molar-refractivity contribution in [2.75, 3.05) is 12.3 Å². The Balaban J connectivity index is 1.44. The second kappa shape index (κ2) is 6.85. The molecule has 0 aliphatic heterocycles. The normalized spacial score (nSPS) is 14.6. The summed E-state index contributed by atoms with van der Waals surface area (Å²) in [5.41, 5.74) is 1.01. The zero-order valence-corrected chi connectivity index (χ0v) is 12.2. The van der Waals surface area contributed by atoms with E-state index in [1.807, 2.05) is 30.3 Å². The zero-order valence-electron chi connectivity index (χ0n) is 11.4. The van der Waals surface area contributed by atoms with Crippen LogP contribution < -0.4 is 5.32 Å². The second-order valence-corrected chi connectivity index (χ2v) is 6.05. The highest BCUT2D eigenvalue weighted by atomic mass is 32.2. The fraction of sp³-hybridized carbons (Fsp3) is 0.500. The first kappa shape index (κ1) is 13.6. The van der Waals surface area contributed by atoms with Crippen molar-refractivity contribution in [3.05, 3.63) is 30.3 Å². The molecular weight excluding hydrogens is 270 g/mol. The van der Waals surface area contributed by atoms with Crippen molar-refractivity contribution in [3.8, 4) is 5.69 Å². The number of unbranched alkanes of at least 4 members (excludes halogenated alkanes) is 1. The van der Waals surface area contributed by atoms with Crippen LogP contribution in [0.3, 0.4) is 0 Å². The molecule has 1 N–H and O–H groups in total. The van der Waals surface area contributed by atoms with E-state index < -0.39 is 0 Å². The molecule has 106 valence electrons.